The van der Waals surface area contributed by atoms with E-state index in [1.807, 2.05) is 18.5 Å². The van der Waals surface area contributed by atoms with Gasteiger partial charge in [0.05, 0.1) is 18.2 Å². The molecule has 1 aromatic carbocycles. The van der Waals surface area contributed by atoms with E-state index < -0.39 is 0 Å². The fourth-order valence-corrected chi connectivity index (χ4v) is 3.26. The van der Waals surface area contributed by atoms with Gasteiger partial charge in [0.1, 0.15) is 17.5 Å². The number of hydrogen-bond acceptors (Lipinski definition) is 5. The highest BCUT2D eigenvalue weighted by molar-refractivity contribution is 5.33. The molecule has 2 aromatic rings. The zero-order valence-corrected chi connectivity index (χ0v) is 14.9. The molecule has 2 heterocycles. The van der Waals surface area contributed by atoms with Gasteiger partial charge in [0.15, 0.2) is 0 Å². The monoisotopic (exact) mass is 342 g/mol. The molecule has 1 atom stereocenters. The van der Waals surface area contributed by atoms with E-state index in [4.69, 9.17) is 5.26 Å². The fourth-order valence-electron chi connectivity index (χ4n) is 3.26. The van der Waals surface area contributed by atoms with Gasteiger partial charge in [-0.05, 0) is 38.6 Å². The Hall–Kier alpha value is -2.30. The SMILES string of the molecule is Cc1nnc(CN(C)C2CCN(Cc3cc(C#N)ccc3F)C2)n1C. The second-order valence-corrected chi connectivity index (χ2v) is 6.73. The van der Waals surface area contributed by atoms with Crippen LogP contribution in [0.15, 0.2) is 18.2 Å². The summed E-state index contributed by atoms with van der Waals surface area (Å²) in [5.74, 6) is 1.61. The third-order valence-corrected chi connectivity index (χ3v) is 5.01. The molecule has 3 rings (SSSR count). The minimum atomic E-state index is -0.245. The number of likely N-dealkylation sites (tertiary alicyclic amines) is 1. The van der Waals surface area contributed by atoms with Crippen molar-refractivity contribution in [1.29, 1.82) is 5.26 Å². The van der Waals surface area contributed by atoms with Crippen molar-refractivity contribution in [3.63, 3.8) is 0 Å². The lowest BCUT2D eigenvalue weighted by Gasteiger charge is -2.24. The van der Waals surface area contributed by atoms with Crippen molar-refractivity contribution >= 4 is 0 Å². The van der Waals surface area contributed by atoms with E-state index in [0.29, 0.717) is 23.7 Å². The molecule has 132 valence electrons. The van der Waals surface area contributed by atoms with Crippen LogP contribution in [0.1, 0.15) is 29.2 Å². The third-order valence-electron chi connectivity index (χ3n) is 5.01. The summed E-state index contributed by atoms with van der Waals surface area (Å²) in [5, 5.41) is 17.3. The Kier molecular flexibility index (Phi) is 5.11. The highest BCUT2D eigenvalue weighted by Crippen LogP contribution is 2.20. The molecule has 1 aliphatic rings. The van der Waals surface area contributed by atoms with Crippen LogP contribution in [0, 0.1) is 24.1 Å². The maximum Gasteiger partial charge on any atom is 0.146 e. The molecule has 1 fully saturated rings. The van der Waals surface area contributed by atoms with Crippen molar-refractivity contribution in [2.75, 3.05) is 20.1 Å². The third kappa shape index (κ3) is 3.86. The molecule has 1 aliphatic heterocycles. The van der Waals surface area contributed by atoms with Crippen molar-refractivity contribution in [1.82, 2.24) is 24.6 Å². The molecule has 7 heteroatoms. The van der Waals surface area contributed by atoms with Crippen molar-refractivity contribution in [2.45, 2.75) is 32.5 Å². The maximum absolute atomic E-state index is 14.0. The zero-order chi connectivity index (χ0) is 18.0. The number of likely N-dealkylation sites (N-methyl/N-ethyl adjacent to an activating group) is 1. The van der Waals surface area contributed by atoms with E-state index >= 15 is 0 Å². The average Bonchev–Trinajstić information content (AvgIpc) is 3.19. The largest absolute Gasteiger partial charge is 0.317 e. The van der Waals surface area contributed by atoms with Crippen molar-refractivity contribution in [3.05, 3.63) is 46.8 Å². The quantitative estimate of drug-likeness (QED) is 0.830. The van der Waals surface area contributed by atoms with E-state index in [9.17, 15) is 4.39 Å². The first kappa shape index (κ1) is 17.5. The highest BCUT2D eigenvalue weighted by atomic mass is 19.1. The van der Waals surface area contributed by atoms with E-state index in [1.165, 1.54) is 12.1 Å². The van der Waals surface area contributed by atoms with Gasteiger partial charge in [-0.3, -0.25) is 9.80 Å². The summed E-state index contributed by atoms with van der Waals surface area (Å²) in [6.45, 7) is 5.02. The molecule has 0 amide bonds. The van der Waals surface area contributed by atoms with Crippen molar-refractivity contribution < 1.29 is 4.39 Å². The Balaban J connectivity index is 1.60. The standard InChI is InChI=1S/C18H23FN6/c1-13-21-22-18(24(13)3)12-23(2)16-6-7-25(11-16)10-15-8-14(9-20)4-5-17(15)19/h4-5,8,16H,6-7,10-12H2,1-3H3. The lowest BCUT2D eigenvalue weighted by Crippen LogP contribution is -2.34. The minimum absolute atomic E-state index is 0.245. The first-order valence-corrected chi connectivity index (χ1v) is 8.44. The summed E-state index contributed by atoms with van der Waals surface area (Å²) >= 11 is 0. The van der Waals surface area contributed by atoms with Gasteiger partial charge >= 0.3 is 0 Å². The zero-order valence-electron chi connectivity index (χ0n) is 14.9. The Morgan fingerprint density at radius 1 is 1.40 bits per heavy atom. The molecule has 0 bridgehead atoms. The number of aromatic nitrogens is 3. The molecular weight excluding hydrogens is 319 g/mol. The first-order chi connectivity index (χ1) is 12.0. The van der Waals surface area contributed by atoms with Crippen LogP contribution < -0.4 is 0 Å². The van der Waals surface area contributed by atoms with Crippen LogP contribution in [0.4, 0.5) is 4.39 Å². The number of nitriles is 1. The molecule has 0 spiro atoms. The molecule has 0 aliphatic carbocycles. The van der Waals surface area contributed by atoms with Crippen molar-refractivity contribution in [2.24, 2.45) is 7.05 Å². The fraction of sp³-hybridized carbons (Fsp3) is 0.500. The molecule has 1 unspecified atom stereocenters. The van der Waals surface area contributed by atoms with Gasteiger partial charge in [-0.1, -0.05) is 0 Å². The number of aryl methyl sites for hydroxylation is 1. The summed E-state index contributed by atoms with van der Waals surface area (Å²) < 4.78 is 16.0. The average molecular weight is 342 g/mol. The van der Waals surface area contributed by atoms with Crippen LogP contribution in [-0.2, 0) is 20.1 Å². The topological polar surface area (TPSA) is 61.0 Å². The van der Waals surface area contributed by atoms with E-state index in [-0.39, 0.29) is 5.82 Å². The van der Waals surface area contributed by atoms with Gasteiger partial charge in [-0.25, -0.2) is 4.39 Å². The second kappa shape index (κ2) is 7.30. The molecule has 25 heavy (non-hydrogen) atoms. The van der Waals surface area contributed by atoms with Crippen LogP contribution in [-0.4, -0.2) is 50.7 Å². The lowest BCUT2D eigenvalue weighted by atomic mass is 10.1. The van der Waals surface area contributed by atoms with Gasteiger partial charge in [-0.15, -0.1) is 10.2 Å². The summed E-state index contributed by atoms with van der Waals surface area (Å²) in [6, 6.07) is 7.02. The second-order valence-electron chi connectivity index (χ2n) is 6.73. The predicted molar refractivity (Wildman–Crippen MR) is 92.0 cm³/mol. The molecule has 1 saturated heterocycles. The molecular formula is C18H23FN6. The van der Waals surface area contributed by atoms with Gasteiger partial charge in [-0.2, -0.15) is 5.26 Å². The van der Waals surface area contributed by atoms with E-state index in [2.05, 4.69) is 33.1 Å². The Labute approximate surface area is 147 Å². The normalized spacial score (nSPS) is 18.0. The van der Waals surface area contributed by atoms with E-state index in [0.717, 1.165) is 37.7 Å². The molecule has 0 saturated carbocycles. The van der Waals surface area contributed by atoms with Crippen LogP contribution in [0.25, 0.3) is 0 Å². The number of benzene rings is 1. The summed E-state index contributed by atoms with van der Waals surface area (Å²) in [7, 11) is 4.07. The Morgan fingerprint density at radius 3 is 2.88 bits per heavy atom. The number of rotatable bonds is 5. The van der Waals surface area contributed by atoms with Crippen LogP contribution in [0.5, 0.6) is 0 Å². The van der Waals surface area contributed by atoms with Crippen LogP contribution >= 0.6 is 0 Å². The number of hydrogen-bond donors (Lipinski definition) is 0. The lowest BCUT2D eigenvalue weighted by molar-refractivity contribution is 0.216. The van der Waals surface area contributed by atoms with Gasteiger partial charge < -0.3 is 4.57 Å². The first-order valence-electron chi connectivity index (χ1n) is 8.44. The Bertz CT molecular complexity index is 793. The molecule has 0 radical (unpaired) electrons. The van der Waals surface area contributed by atoms with Crippen LogP contribution in [0.2, 0.25) is 0 Å². The highest BCUT2D eigenvalue weighted by Gasteiger charge is 2.27. The molecule has 1 aromatic heterocycles. The minimum Gasteiger partial charge on any atom is -0.317 e. The van der Waals surface area contributed by atoms with E-state index in [1.54, 1.807) is 6.07 Å². The molecule has 6 nitrogen and oxygen atoms in total. The number of halogens is 1. The van der Waals surface area contributed by atoms with Crippen molar-refractivity contribution in [3.8, 4) is 6.07 Å². The maximum atomic E-state index is 14.0. The van der Waals surface area contributed by atoms with Gasteiger partial charge in [0.25, 0.3) is 0 Å². The van der Waals surface area contributed by atoms with Gasteiger partial charge in [0, 0.05) is 38.3 Å². The summed E-state index contributed by atoms with van der Waals surface area (Å²) in [5.41, 5.74) is 1.09. The summed E-state index contributed by atoms with van der Waals surface area (Å²) in [4.78, 5) is 4.52. The smallest absolute Gasteiger partial charge is 0.146 e. The summed E-state index contributed by atoms with van der Waals surface area (Å²) in [6.07, 6.45) is 1.03. The Morgan fingerprint density at radius 2 is 2.20 bits per heavy atom. The van der Waals surface area contributed by atoms with Gasteiger partial charge in [0.2, 0.25) is 0 Å². The molecule has 0 N–H and O–H groups in total. The van der Waals surface area contributed by atoms with Crippen LogP contribution in [0.3, 0.4) is 0 Å². The number of nitrogens with zero attached hydrogens (tertiary/aromatic N) is 6. The predicted octanol–water partition coefficient (Wildman–Crippen LogP) is 1.84.